The van der Waals surface area contributed by atoms with Gasteiger partial charge in [-0.1, -0.05) is 12.1 Å². The van der Waals surface area contributed by atoms with Gasteiger partial charge < -0.3 is 15.0 Å². The fourth-order valence-corrected chi connectivity index (χ4v) is 2.12. The SMILES string of the molecule is CC(=O)Nc1cccc(C(=O)Nc2cn3ccccc3n2)c1. The minimum absolute atomic E-state index is 0.182. The molecule has 3 aromatic rings. The van der Waals surface area contributed by atoms with E-state index in [1.54, 1.807) is 30.5 Å². The summed E-state index contributed by atoms with van der Waals surface area (Å²) < 4.78 is 1.82. The van der Waals surface area contributed by atoms with E-state index in [0.717, 1.165) is 5.65 Å². The Hall–Kier alpha value is -3.15. The smallest absolute Gasteiger partial charge is 0.256 e. The van der Waals surface area contributed by atoms with Crippen molar-refractivity contribution in [1.82, 2.24) is 9.38 Å². The maximum atomic E-state index is 12.3. The molecule has 22 heavy (non-hydrogen) atoms. The van der Waals surface area contributed by atoms with Gasteiger partial charge in [0.05, 0.1) is 6.20 Å². The lowest BCUT2D eigenvalue weighted by atomic mass is 10.2. The molecule has 0 atom stereocenters. The second-order valence-corrected chi connectivity index (χ2v) is 4.81. The number of carbonyl (C=O) groups is 2. The Balaban J connectivity index is 1.80. The molecule has 0 aliphatic heterocycles. The second-order valence-electron chi connectivity index (χ2n) is 4.81. The van der Waals surface area contributed by atoms with Crippen LogP contribution < -0.4 is 10.6 Å². The van der Waals surface area contributed by atoms with Gasteiger partial charge in [-0.05, 0) is 30.3 Å². The van der Waals surface area contributed by atoms with Crippen LogP contribution in [0.25, 0.3) is 5.65 Å². The lowest BCUT2D eigenvalue weighted by molar-refractivity contribution is -0.114. The summed E-state index contributed by atoms with van der Waals surface area (Å²) in [6.07, 6.45) is 3.60. The van der Waals surface area contributed by atoms with E-state index in [4.69, 9.17) is 0 Å². The lowest BCUT2D eigenvalue weighted by Gasteiger charge is -2.05. The molecule has 0 bridgehead atoms. The highest BCUT2D eigenvalue weighted by atomic mass is 16.2. The van der Waals surface area contributed by atoms with Crippen LogP contribution in [-0.4, -0.2) is 21.2 Å². The van der Waals surface area contributed by atoms with Gasteiger partial charge in [-0.25, -0.2) is 4.98 Å². The molecule has 6 nitrogen and oxygen atoms in total. The molecular weight excluding hydrogens is 280 g/mol. The summed E-state index contributed by atoms with van der Waals surface area (Å²) in [5.41, 5.74) is 1.78. The van der Waals surface area contributed by atoms with Crippen molar-refractivity contribution in [2.24, 2.45) is 0 Å². The van der Waals surface area contributed by atoms with Crippen molar-refractivity contribution in [3.05, 3.63) is 60.4 Å². The third-order valence-corrected chi connectivity index (χ3v) is 3.05. The fourth-order valence-electron chi connectivity index (χ4n) is 2.12. The van der Waals surface area contributed by atoms with Gasteiger partial charge in [-0.2, -0.15) is 0 Å². The molecule has 110 valence electrons. The Morgan fingerprint density at radius 1 is 1.09 bits per heavy atom. The molecule has 2 aromatic heterocycles. The van der Waals surface area contributed by atoms with Crippen molar-refractivity contribution >= 4 is 29.0 Å². The Kier molecular flexibility index (Phi) is 3.57. The largest absolute Gasteiger partial charge is 0.326 e. The Morgan fingerprint density at radius 2 is 1.95 bits per heavy atom. The van der Waals surface area contributed by atoms with Crippen LogP contribution in [0.15, 0.2) is 54.9 Å². The van der Waals surface area contributed by atoms with E-state index in [9.17, 15) is 9.59 Å². The molecule has 2 heterocycles. The van der Waals surface area contributed by atoms with Gasteiger partial charge in [0.1, 0.15) is 5.65 Å². The van der Waals surface area contributed by atoms with Gasteiger partial charge in [-0.15, -0.1) is 0 Å². The number of hydrogen-bond donors (Lipinski definition) is 2. The second kappa shape index (κ2) is 5.69. The molecule has 0 aliphatic rings. The zero-order valence-electron chi connectivity index (χ0n) is 11.9. The highest BCUT2D eigenvalue weighted by Gasteiger charge is 2.09. The average Bonchev–Trinajstić information content (AvgIpc) is 2.89. The van der Waals surface area contributed by atoms with Crippen LogP contribution in [0.3, 0.4) is 0 Å². The van der Waals surface area contributed by atoms with Crippen molar-refractivity contribution in [3.63, 3.8) is 0 Å². The molecule has 0 aliphatic carbocycles. The number of anilines is 2. The molecule has 0 fully saturated rings. The van der Waals surface area contributed by atoms with Gasteiger partial charge in [0.2, 0.25) is 5.91 Å². The Labute approximate surface area is 126 Å². The molecule has 2 amide bonds. The molecule has 6 heteroatoms. The van der Waals surface area contributed by atoms with Gasteiger partial charge in [0, 0.05) is 24.4 Å². The third-order valence-electron chi connectivity index (χ3n) is 3.05. The van der Waals surface area contributed by atoms with Crippen LogP contribution in [0.4, 0.5) is 11.5 Å². The number of imidazole rings is 1. The van der Waals surface area contributed by atoms with E-state index < -0.39 is 0 Å². The van der Waals surface area contributed by atoms with Crippen LogP contribution in [0.5, 0.6) is 0 Å². The summed E-state index contributed by atoms with van der Waals surface area (Å²) in [5.74, 6) is 0.00893. The zero-order chi connectivity index (χ0) is 15.5. The van der Waals surface area contributed by atoms with Gasteiger partial charge >= 0.3 is 0 Å². The van der Waals surface area contributed by atoms with E-state index in [-0.39, 0.29) is 11.8 Å². The minimum atomic E-state index is -0.282. The molecule has 0 saturated heterocycles. The number of fused-ring (bicyclic) bond motifs is 1. The summed E-state index contributed by atoms with van der Waals surface area (Å²) in [4.78, 5) is 27.6. The first kappa shape index (κ1) is 13.8. The number of hydrogen-bond acceptors (Lipinski definition) is 3. The van der Waals surface area contributed by atoms with Gasteiger partial charge in [-0.3, -0.25) is 9.59 Å². The standard InChI is InChI=1S/C16H14N4O2/c1-11(21)17-13-6-4-5-12(9-13)16(22)19-14-10-20-8-3-2-7-15(20)18-14/h2-10H,1H3,(H,17,21)(H,19,22). The summed E-state index contributed by atoms with van der Waals surface area (Å²) >= 11 is 0. The first-order valence-electron chi connectivity index (χ1n) is 6.74. The predicted octanol–water partition coefficient (Wildman–Crippen LogP) is 2.54. The zero-order valence-corrected chi connectivity index (χ0v) is 11.9. The van der Waals surface area contributed by atoms with Crippen LogP contribution in [-0.2, 0) is 4.79 Å². The molecule has 1 aromatic carbocycles. The van der Waals surface area contributed by atoms with Crippen LogP contribution >= 0.6 is 0 Å². The van der Waals surface area contributed by atoms with E-state index in [0.29, 0.717) is 17.1 Å². The monoisotopic (exact) mass is 294 g/mol. The van der Waals surface area contributed by atoms with E-state index in [1.807, 2.05) is 28.8 Å². The quantitative estimate of drug-likeness (QED) is 0.779. The van der Waals surface area contributed by atoms with Gasteiger partial charge in [0.25, 0.3) is 5.91 Å². The van der Waals surface area contributed by atoms with Crippen molar-refractivity contribution in [1.29, 1.82) is 0 Å². The molecule has 0 unspecified atom stereocenters. The summed E-state index contributed by atoms with van der Waals surface area (Å²) in [6, 6.07) is 12.4. The van der Waals surface area contributed by atoms with E-state index in [1.165, 1.54) is 6.92 Å². The summed E-state index contributed by atoms with van der Waals surface area (Å²) in [5, 5.41) is 5.39. The van der Waals surface area contributed by atoms with Gasteiger partial charge in [0.15, 0.2) is 5.82 Å². The molecule has 3 rings (SSSR count). The first-order chi connectivity index (χ1) is 10.6. The van der Waals surface area contributed by atoms with E-state index in [2.05, 4.69) is 15.6 Å². The third kappa shape index (κ3) is 2.95. The average molecular weight is 294 g/mol. The summed E-state index contributed by atoms with van der Waals surface area (Å²) in [7, 11) is 0. The molecule has 0 radical (unpaired) electrons. The maximum Gasteiger partial charge on any atom is 0.256 e. The highest BCUT2D eigenvalue weighted by molar-refractivity contribution is 6.04. The number of amides is 2. The number of nitrogens with zero attached hydrogens (tertiary/aromatic N) is 2. The maximum absolute atomic E-state index is 12.3. The molecule has 0 spiro atoms. The predicted molar refractivity (Wildman–Crippen MR) is 83.9 cm³/mol. The summed E-state index contributed by atoms with van der Waals surface area (Å²) in [6.45, 7) is 1.42. The minimum Gasteiger partial charge on any atom is -0.326 e. The molecular formula is C16H14N4O2. The Bertz CT molecular complexity index is 821. The normalized spacial score (nSPS) is 10.4. The fraction of sp³-hybridized carbons (Fsp3) is 0.0625. The molecule has 2 N–H and O–H groups in total. The first-order valence-corrected chi connectivity index (χ1v) is 6.74. The van der Waals surface area contributed by atoms with Crippen LogP contribution in [0, 0.1) is 0 Å². The van der Waals surface area contributed by atoms with Crippen molar-refractivity contribution in [2.75, 3.05) is 10.6 Å². The number of aromatic nitrogens is 2. The number of pyridine rings is 1. The lowest BCUT2D eigenvalue weighted by Crippen LogP contribution is -2.13. The number of rotatable bonds is 3. The number of carbonyl (C=O) groups excluding carboxylic acids is 2. The van der Waals surface area contributed by atoms with Crippen LogP contribution in [0.1, 0.15) is 17.3 Å². The van der Waals surface area contributed by atoms with Crippen LogP contribution in [0.2, 0.25) is 0 Å². The van der Waals surface area contributed by atoms with E-state index >= 15 is 0 Å². The topological polar surface area (TPSA) is 75.5 Å². The molecule has 0 saturated carbocycles. The number of nitrogens with one attached hydrogen (secondary N) is 2. The number of benzene rings is 1. The van der Waals surface area contributed by atoms with Crippen molar-refractivity contribution < 1.29 is 9.59 Å². The van der Waals surface area contributed by atoms with Crippen molar-refractivity contribution in [2.45, 2.75) is 6.92 Å². The van der Waals surface area contributed by atoms with Crippen molar-refractivity contribution in [3.8, 4) is 0 Å². The Morgan fingerprint density at radius 3 is 2.73 bits per heavy atom. The highest BCUT2D eigenvalue weighted by Crippen LogP contribution is 2.14.